The van der Waals surface area contributed by atoms with E-state index in [2.05, 4.69) is 26.5 Å². The van der Waals surface area contributed by atoms with Gasteiger partial charge in [0.25, 0.3) is 11.6 Å². The van der Waals surface area contributed by atoms with E-state index in [-0.39, 0.29) is 17.0 Å². The SMILES string of the molecule is O=C(N/N=C\c1ccc(N2CCOCC2)c([N+](=O)[O-])c1)c1cc(Br)ccc1O. The van der Waals surface area contributed by atoms with Crippen LogP contribution in [0.5, 0.6) is 5.75 Å². The fourth-order valence-electron chi connectivity index (χ4n) is 2.75. The highest BCUT2D eigenvalue weighted by molar-refractivity contribution is 9.10. The number of nitrogens with one attached hydrogen (secondary N) is 1. The summed E-state index contributed by atoms with van der Waals surface area (Å²) < 4.78 is 5.91. The number of hydrogen-bond donors (Lipinski definition) is 2. The Bertz CT molecular complexity index is 928. The summed E-state index contributed by atoms with van der Waals surface area (Å²) in [5, 5.41) is 25.0. The Morgan fingerprint density at radius 3 is 2.75 bits per heavy atom. The van der Waals surface area contributed by atoms with Crippen molar-refractivity contribution in [1.82, 2.24) is 5.43 Å². The number of phenolic OH excluding ortho intramolecular Hbond substituents is 1. The maximum Gasteiger partial charge on any atom is 0.293 e. The van der Waals surface area contributed by atoms with Crippen molar-refractivity contribution in [2.24, 2.45) is 5.10 Å². The Kier molecular flexibility index (Phi) is 6.22. The van der Waals surface area contributed by atoms with Gasteiger partial charge in [-0.1, -0.05) is 22.0 Å². The summed E-state index contributed by atoms with van der Waals surface area (Å²) in [7, 11) is 0. The van der Waals surface area contributed by atoms with Crippen LogP contribution >= 0.6 is 15.9 Å². The van der Waals surface area contributed by atoms with Gasteiger partial charge in [0, 0.05) is 29.2 Å². The van der Waals surface area contributed by atoms with Crippen LogP contribution in [0.2, 0.25) is 0 Å². The van der Waals surface area contributed by atoms with Gasteiger partial charge in [-0.2, -0.15) is 5.10 Å². The van der Waals surface area contributed by atoms with Crippen molar-refractivity contribution in [3.05, 3.63) is 62.1 Å². The van der Waals surface area contributed by atoms with E-state index in [1.165, 1.54) is 24.4 Å². The van der Waals surface area contributed by atoms with Gasteiger partial charge < -0.3 is 14.7 Å². The van der Waals surface area contributed by atoms with Gasteiger partial charge in [-0.15, -0.1) is 0 Å². The van der Waals surface area contributed by atoms with Crippen molar-refractivity contribution in [3.63, 3.8) is 0 Å². The average molecular weight is 449 g/mol. The van der Waals surface area contributed by atoms with Gasteiger partial charge in [0.1, 0.15) is 11.4 Å². The van der Waals surface area contributed by atoms with Gasteiger partial charge in [-0.05, 0) is 24.3 Å². The summed E-state index contributed by atoms with van der Waals surface area (Å²) in [4.78, 5) is 25.0. The molecule has 0 aromatic heterocycles. The van der Waals surface area contributed by atoms with E-state index in [0.29, 0.717) is 42.0 Å². The Morgan fingerprint density at radius 2 is 2.04 bits per heavy atom. The molecule has 1 fully saturated rings. The molecule has 0 bridgehead atoms. The van der Waals surface area contributed by atoms with Crippen LogP contribution in [0.1, 0.15) is 15.9 Å². The van der Waals surface area contributed by atoms with E-state index in [0.717, 1.165) is 0 Å². The van der Waals surface area contributed by atoms with E-state index in [4.69, 9.17) is 4.74 Å². The van der Waals surface area contributed by atoms with Gasteiger partial charge in [0.2, 0.25) is 0 Å². The van der Waals surface area contributed by atoms with E-state index in [9.17, 15) is 20.0 Å². The molecule has 0 saturated carbocycles. The molecule has 0 atom stereocenters. The molecule has 146 valence electrons. The molecule has 3 rings (SSSR count). The summed E-state index contributed by atoms with van der Waals surface area (Å²) in [6, 6.07) is 9.19. The van der Waals surface area contributed by atoms with Crippen LogP contribution in [0.15, 0.2) is 46.0 Å². The zero-order chi connectivity index (χ0) is 20.1. The lowest BCUT2D eigenvalue weighted by Gasteiger charge is -2.28. The van der Waals surface area contributed by atoms with E-state index in [1.54, 1.807) is 18.2 Å². The molecule has 9 nitrogen and oxygen atoms in total. The number of nitro groups is 1. The average Bonchev–Trinajstić information content (AvgIpc) is 2.70. The maximum absolute atomic E-state index is 12.1. The van der Waals surface area contributed by atoms with E-state index < -0.39 is 10.8 Å². The predicted molar refractivity (Wildman–Crippen MR) is 107 cm³/mol. The third kappa shape index (κ3) is 4.65. The highest BCUT2D eigenvalue weighted by Crippen LogP contribution is 2.29. The summed E-state index contributed by atoms with van der Waals surface area (Å²) >= 11 is 3.23. The first-order chi connectivity index (χ1) is 13.5. The fourth-order valence-corrected chi connectivity index (χ4v) is 3.12. The fraction of sp³-hybridized carbons (Fsp3) is 0.222. The van der Waals surface area contributed by atoms with Gasteiger partial charge in [0.15, 0.2) is 0 Å². The molecule has 0 aliphatic carbocycles. The summed E-state index contributed by atoms with van der Waals surface area (Å²) in [5.74, 6) is -0.782. The van der Waals surface area contributed by atoms with Crippen LogP contribution in [0.4, 0.5) is 11.4 Å². The second-order valence-corrected chi connectivity index (χ2v) is 6.88. The lowest BCUT2D eigenvalue weighted by molar-refractivity contribution is -0.384. The van der Waals surface area contributed by atoms with Crippen LogP contribution in [-0.2, 0) is 4.74 Å². The maximum atomic E-state index is 12.1. The molecule has 0 radical (unpaired) electrons. The van der Waals surface area contributed by atoms with Crippen LogP contribution in [-0.4, -0.2) is 48.5 Å². The van der Waals surface area contributed by atoms with Crippen molar-refractivity contribution in [3.8, 4) is 5.75 Å². The van der Waals surface area contributed by atoms with Crippen molar-refractivity contribution >= 4 is 39.4 Å². The Hall–Kier alpha value is -2.98. The molecule has 10 heteroatoms. The number of nitro benzene ring substituents is 1. The zero-order valence-electron chi connectivity index (χ0n) is 14.7. The molecule has 28 heavy (non-hydrogen) atoms. The third-order valence-corrected chi connectivity index (χ3v) is 4.62. The highest BCUT2D eigenvalue weighted by Gasteiger charge is 2.21. The molecular weight excluding hydrogens is 432 g/mol. The molecule has 1 aliphatic rings. The number of morpholine rings is 1. The largest absolute Gasteiger partial charge is 0.507 e. The van der Waals surface area contributed by atoms with Crippen molar-refractivity contribution in [2.75, 3.05) is 31.2 Å². The molecule has 1 heterocycles. The lowest BCUT2D eigenvalue weighted by atomic mass is 10.1. The second-order valence-electron chi connectivity index (χ2n) is 5.97. The minimum Gasteiger partial charge on any atom is -0.507 e. The Morgan fingerprint density at radius 1 is 1.29 bits per heavy atom. The molecular formula is C18H17BrN4O5. The number of amides is 1. The number of rotatable bonds is 5. The monoisotopic (exact) mass is 448 g/mol. The van der Waals surface area contributed by atoms with Gasteiger partial charge in [0.05, 0.1) is 29.9 Å². The summed E-state index contributed by atoms with van der Waals surface area (Å²) in [5.41, 5.74) is 3.29. The molecule has 0 spiro atoms. The molecule has 0 unspecified atom stereocenters. The highest BCUT2D eigenvalue weighted by atomic mass is 79.9. The summed E-state index contributed by atoms with van der Waals surface area (Å²) in [6.07, 6.45) is 1.31. The minimum atomic E-state index is -0.602. The molecule has 1 saturated heterocycles. The first-order valence-electron chi connectivity index (χ1n) is 8.39. The molecule has 1 amide bonds. The van der Waals surface area contributed by atoms with Gasteiger partial charge >= 0.3 is 0 Å². The van der Waals surface area contributed by atoms with E-state index in [1.807, 2.05) is 4.90 Å². The van der Waals surface area contributed by atoms with E-state index >= 15 is 0 Å². The van der Waals surface area contributed by atoms with Crippen molar-refractivity contribution < 1.29 is 19.6 Å². The Labute approximate surface area is 168 Å². The number of anilines is 1. The third-order valence-electron chi connectivity index (χ3n) is 4.13. The van der Waals surface area contributed by atoms with Crippen LogP contribution in [0, 0.1) is 10.1 Å². The number of aromatic hydroxyl groups is 1. The van der Waals surface area contributed by atoms with Gasteiger partial charge in [-0.25, -0.2) is 5.43 Å². The first kappa shape index (κ1) is 19.8. The number of nitrogens with zero attached hydrogens (tertiary/aromatic N) is 3. The van der Waals surface area contributed by atoms with Gasteiger partial charge in [-0.3, -0.25) is 14.9 Å². The standard InChI is InChI=1S/C18H17BrN4O5/c19-13-2-4-17(24)14(10-13)18(25)21-20-11-12-1-3-15(16(9-12)23(26)27)22-5-7-28-8-6-22/h1-4,9-11,24H,5-8H2,(H,21,25)/b20-11-. The smallest absolute Gasteiger partial charge is 0.293 e. The number of benzene rings is 2. The van der Waals surface area contributed by atoms with Crippen LogP contribution in [0.3, 0.4) is 0 Å². The minimum absolute atomic E-state index is 0.0400. The number of phenols is 1. The van der Waals surface area contributed by atoms with Crippen LogP contribution in [0.25, 0.3) is 0 Å². The number of hydrogen-bond acceptors (Lipinski definition) is 7. The number of ether oxygens (including phenoxy) is 1. The normalized spacial score (nSPS) is 14.2. The number of carbonyl (C=O) groups is 1. The molecule has 2 aromatic rings. The lowest BCUT2D eigenvalue weighted by Crippen LogP contribution is -2.36. The number of hydrazone groups is 1. The predicted octanol–water partition coefficient (Wildman–Crippen LogP) is 2.66. The molecule has 1 aliphatic heterocycles. The number of halogens is 1. The zero-order valence-corrected chi connectivity index (χ0v) is 16.3. The topological polar surface area (TPSA) is 117 Å². The second kappa shape index (κ2) is 8.81. The van der Waals surface area contributed by atoms with Crippen LogP contribution < -0.4 is 10.3 Å². The number of carbonyl (C=O) groups excluding carboxylic acids is 1. The Balaban J connectivity index is 1.74. The van der Waals surface area contributed by atoms with Crippen molar-refractivity contribution in [1.29, 1.82) is 0 Å². The summed E-state index contributed by atoms with van der Waals surface area (Å²) in [6.45, 7) is 2.21. The molecule has 2 N–H and O–H groups in total. The first-order valence-corrected chi connectivity index (χ1v) is 9.18. The quantitative estimate of drug-likeness (QED) is 0.412. The van der Waals surface area contributed by atoms with Crippen molar-refractivity contribution in [2.45, 2.75) is 0 Å². The molecule has 2 aromatic carbocycles.